The lowest BCUT2D eigenvalue weighted by atomic mass is 10.2. The Labute approximate surface area is 173 Å². The zero-order valence-electron chi connectivity index (χ0n) is 16.5. The highest BCUT2D eigenvalue weighted by molar-refractivity contribution is 7.98. The monoisotopic (exact) mass is 413 g/mol. The molecule has 0 atom stereocenters. The van der Waals surface area contributed by atoms with Crippen molar-refractivity contribution in [2.24, 2.45) is 0 Å². The SMILES string of the molecule is CC(=O)N1CCN(C(=O)C(=O)Nc2c3c(nn2-c2ccc(C)cc2)CSC3)CC1. The Morgan fingerprint density at radius 2 is 1.66 bits per heavy atom. The van der Waals surface area contributed by atoms with Gasteiger partial charge < -0.3 is 15.1 Å². The van der Waals surface area contributed by atoms with Crippen LogP contribution in [0.3, 0.4) is 0 Å². The molecule has 4 rings (SSSR count). The van der Waals surface area contributed by atoms with Crippen molar-refractivity contribution in [2.45, 2.75) is 25.4 Å². The summed E-state index contributed by atoms with van der Waals surface area (Å²) in [6, 6.07) is 7.87. The Bertz CT molecular complexity index is 961. The van der Waals surface area contributed by atoms with Crippen LogP contribution in [0.25, 0.3) is 5.69 Å². The summed E-state index contributed by atoms with van der Waals surface area (Å²) >= 11 is 1.74. The molecular formula is C20H23N5O3S. The lowest BCUT2D eigenvalue weighted by Gasteiger charge is -2.33. The molecule has 29 heavy (non-hydrogen) atoms. The van der Waals surface area contributed by atoms with Crippen LogP contribution in [0.4, 0.5) is 5.82 Å². The quantitative estimate of drug-likeness (QED) is 0.755. The summed E-state index contributed by atoms with van der Waals surface area (Å²) in [5, 5.41) is 7.47. The number of carbonyl (C=O) groups excluding carboxylic acids is 3. The van der Waals surface area contributed by atoms with E-state index in [1.54, 1.807) is 21.3 Å². The summed E-state index contributed by atoms with van der Waals surface area (Å²) in [6.07, 6.45) is 0. The normalized spacial score (nSPS) is 15.9. The van der Waals surface area contributed by atoms with Gasteiger partial charge in [0.1, 0.15) is 5.82 Å². The molecule has 2 aromatic rings. The summed E-state index contributed by atoms with van der Waals surface area (Å²) in [5.74, 6) is 0.838. The number of hydrogen-bond donors (Lipinski definition) is 1. The first-order valence-corrected chi connectivity index (χ1v) is 10.7. The number of aromatic nitrogens is 2. The molecule has 2 aliphatic heterocycles. The number of rotatable bonds is 2. The Kier molecular flexibility index (Phi) is 5.31. The third-order valence-electron chi connectivity index (χ3n) is 5.27. The highest BCUT2D eigenvalue weighted by Gasteiger charge is 2.30. The molecule has 9 heteroatoms. The molecule has 8 nitrogen and oxygen atoms in total. The number of carbonyl (C=O) groups is 3. The molecule has 3 heterocycles. The molecule has 0 spiro atoms. The van der Waals surface area contributed by atoms with Crippen molar-refractivity contribution in [2.75, 3.05) is 31.5 Å². The fourth-order valence-corrected chi connectivity index (χ4v) is 4.58. The van der Waals surface area contributed by atoms with Crippen LogP contribution >= 0.6 is 11.8 Å². The Hall–Kier alpha value is -2.81. The van der Waals surface area contributed by atoms with Crippen molar-refractivity contribution in [3.8, 4) is 5.69 Å². The first-order valence-electron chi connectivity index (χ1n) is 9.55. The summed E-state index contributed by atoms with van der Waals surface area (Å²) < 4.78 is 1.71. The molecule has 1 saturated heterocycles. The molecular weight excluding hydrogens is 390 g/mol. The molecule has 1 N–H and O–H groups in total. The number of aryl methyl sites for hydroxylation is 1. The van der Waals surface area contributed by atoms with Gasteiger partial charge in [0.15, 0.2) is 0 Å². The Balaban J connectivity index is 1.53. The van der Waals surface area contributed by atoms with Gasteiger partial charge in [0, 0.05) is 50.2 Å². The molecule has 0 radical (unpaired) electrons. The predicted octanol–water partition coefficient (Wildman–Crippen LogP) is 1.56. The molecule has 0 unspecified atom stereocenters. The van der Waals surface area contributed by atoms with Crippen molar-refractivity contribution in [1.29, 1.82) is 0 Å². The van der Waals surface area contributed by atoms with Crippen LogP contribution < -0.4 is 5.32 Å². The predicted molar refractivity (Wildman–Crippen MR) is 111 cm³/mol. The van der Waals surface area contributed by atoms with Crippen LogP contribution in [0.1, 0.15) is 23.7 Å². The van der Waals surface area contributed by atoms with Crippen LogP contribution in [0.15, 0.2) is 24.3 Å². The van der Waals surface area contributed by atoms with Crippen molar-refractivity contribution in [3.63, 3.8) is 0 Å². The second-order valence-corrected chi connectivity index (χ2v) is 8.25. The van der Waals surface area contributed by atoms with Crippen LogP contribution in [-0.2, 0) is 25.9 Å². The van der Waals surface area contributed by atoms with Gasteiger partial charge in [0.05, 0.1) is 11.4 Å². The van der Waals surface area contributed by atoms with Crippen LogP contribution in [0, 0.1) is 6.92 Å². The Morgan fingerprint density at radius 3 is 2.31 bits per heavy atom. The van der Waals surface area contributed by atoms with Gasteiger partial charge in [0.2, 0.25) is 5.91 Å². The zero-order chi connectivity index (χ0) is 20.5. The molecule has 1 aromatic carbocycles. The fourth-order valence-electron chi connectivity index (χ4n) is 3.54. The lowest BCUT2D eigenvalue weighted by Crippen LogP contribution is -2.52. The molecule has 0 bridgehead atoms. The fraction of sp³-hybridized carbons (Fsp3) is 0.400. The minimum absolute atomic E-state index is 0.0170. The second-order valence-electron chi connectivity index (χ2n) is 7.27. The number of nitrogens with one attached hydrogen (secondary N) is 1. The topological polar surface area (TPSA) is 87.5 Å². The highest BCUT2D eigenvalue weighted by atomic mass is 32.2. The zero-order valence-corrected chi connectivity index (χ0v) is 17.3. The Morgan fingerprint density at radius 1 is 1.00 bits per heavy atom. The molecule has 3 amide bonds. The first kappa shape index (κ1) is 19.5. The van der Waals surface area contributed by atoms with Gasteiger partial charge in [-0.2, -0.15) is 16.9 Å². The van der Waals surface area contributed by atoms with Gasteiger partial charge in [-0.15, -0.1) is 0 Å². The maximum absolute atomic E-state index is 12.7. The molecule has 0 saturated carbocycles. The van der Waals surface area contributed by atoms with E-state index in [4.69, 9.17) is 0 Å². The summed E-state index contributed by atoms with van der Waals surface area (Å²) in [4.78, 5) is 40.0. The smallest absolute Gasteiger partial charge is 0.315 e. The maximum atomic E-state index is 12.7. The van der Waals surface area contributed by atoms with Crippen LogP contribution in [0.2, 0.25) is 0 Å². The molecule has 0 aliphatic carbocycles. The number of amides is 3. The minimum atomic E-state index is -0.672. The van der Waals surface area contributed by atoms with Gasteiger partial charge in [0.25, 0.3) is 0 Å². The first-order chi connectivity index (χ1) is 13.9. The molecule has 152 valence electrons. The number of nitrogens with zero attached hydrogens (tertiary/aromatic N) is 4. The summed E-state index contributed by atoms with van der Waals surface area (Å²) in [5.41, 5.74) is 3.88. The van der Waals surface area contributed by atoms with E-state index in [-0.39, 0.29) is 5.91 Å². The van der Waals surface area contributed by atoms with E-state index < -0.39 is 11.8 Å². The lowest BCUT2D eigenvalue weighted by molar-refractivity contribution is -0.145. The van der Waals surface area contributed by atoms with E-state index in [1.807, 2.05) is 31.2 Å². The maximum Gasteiger partial charge on any atom is 0.315 e. The average Bonchev–Trinajstić information content (AvgIpc) is 3.31. The second kappa shape index (κ2) is 7.90. The number of hydrogen-bond acceptors (Lipinski definition) is 5. The standard InChI is InChI=1S/C20H23N5O3S/c1-13-3-5-15(6-4-13)25-18(16-11-29-12-17(16)22-25)21-19(27)20(28)24-9-7-23(8-10-24)14(2)26/h3-6H,7-12H2,1-2H3,(H,21,27). The third-order valence-corrected chi connectivity index (χ3v) is 6.24. The van der Waals surface area contributed by atoms with Crippen LogP contribution in [-0.4, -0.2) is 63.5 Å². The minimum Gasteiger partial charge on any atom is -0.339 e. The largest absolute Gasteiger partial charge is 0.339 e. The van der Waals surface area contributed by atoms with Crippen LogP contribution in [0.5, 0.6) is 0 Å². The van der Waals surface area contributed by atoms with Gasteiger partial charge in [-0.1, -0.05) is 17.7 Å². The molecule has 2 aliphatic rings. The van der Waals surface area contributed by atoms with Crippen molar-refractivity contribution in [3.05, 3.63) is 41.1 Å². The van der Waals surface area contributed by atoms with Crippen molar-refractivity contribution >= 4 is 35.3 Å². The van der Waals surface area contributed by atoms with Gasteiger partial charge >= 0.3 is 11.8 Å². The van der Waals surface area contributed by atoms with E-state index in [0.29, 0.717) is 32.0 Å². The van der Waals surface area contributed by atoms with Gasteiger partial charge in [-0.25, -0.2) is 4.68 Å². The summed E-state index contributed by atoms with van der Waals surface area (Å²) in [6.45, 7) is 5.13. The van der Waals surface area contributed by atoms with E-state index in [9.17, 15) is 14.4 Å². The number of anilines is 1. The third kappa shape index (κ3) is 3.87. The number of piperazine rings is 1. The number of fused-ring (bicyclic) bond motifs is 1. The molecule has 1 aromatic heterocycles. The van der Waals surface area contributed by atoms with E-state index in [1.165, 1.54) is 11.8 Å². The number of benzene rings is 1. The summed E-state index contributed by atoms with van der Waals surface area (Å²) in [7, 11) is 0. The average molecular weight is 414 g/mol. The highest BCUT2D eigenvalue weighted by Crippen LogP contribution is 2.36. The number of thioether (sulfide) groups is 1. The van der Waals surface area contributed by atoms with Crippen molar-refractivity contribution in [1.82, 2.24) is 19.6 Å². The van der Waals surface area contributed by atoms with E-state index in [0.717, 1.165) is 34.0 Å². The van der Waals surface area contributed by atoms with Gasteiger partial charge in [-0.05, 0) is 19.1 Å². The van der Waals surface area contributed by atoms with Gasteiger partial charge in [-0.3, -0.25) is 14.4 Å². The van der Waals surface area contributed by atoms with E-state index in [2.05, 4.69) is 10.4 Å². The van der Waals surface area contributed by atoms with E-state index >= 15 is 0 Å². The van der Waals surface area contributed by atoms with Crippen molar-refractivity contribution < 1.29 is 14.4 Å². The molecule has 1 fully saturated rings.